The number of nitrogens with one attached hydrogen (secondary N) is 1. The van der Waals surface area contributed by atoms with Gasteiger partial charge in [0, 0.05) is 31.4 Å². The lowest BCUT2D eigenvalue weighted by Gasteiger charge is -2.04. The predicted molar refractivity (Wildman–Crippen MR) is 120 cm³/mol. The summed E-state index contributed by atoms with van der Waals surface area (Å²) in [6.45, 7) is 0.628. The van der Waals surface area contributed by atoms with Crippen molar-refractivity contribution in [1.82, 2.24) is 20.0 Å². The molecule has 3 N–H and O–H groups in total. The molecule has 32 heavy (non-hydrogen) atoms. The third-order valence-electron chi connectivity index (χ3n) is 4.70. The number of anilines is 1. The number of ether oxygens (including phenoxy) is 1. The molecule has 0 aliphatic heterocycles. The molecule has 0 saturated carbocycles. The van der Waals surface area contributed by atoms with Crippen LogP contribution in [0.15, 0.2) is 53.6 Å². The van der Waals surface area contributed by atoms with Gasteiger partial charge in [-0.1, -0.05) is 24.3 Å². The minimum atomic E-state index is -0.489. The van der Waals surface area contributed by atoms with E-state index in [9.17, 15) is 14.9 Å². The van der Waals surface area contributed by atoms with Crippen LogP contribution in [0.4, 0.5) is 11.5 Å². The van der Waals surface area contributed by atoms with Crippen molar-refractivity contribution < 1.29 is 14.5 Å². The topological polar surface area (TPSA) is 151 Å². The molecule has 0 unspecified atom stereocenters. The molecule has 162 valence electrons. The Morgan fingerprint density at radius 1 is 1.25 bits per heavy atom. The maximum absolute atomic E-state index is 12.8. The van der Waals surface area contributed by atoms with Crippen molar-refractivity contribution in [2.75, 3.05) is 26.0 Å². The van der Waals surface area contributed by atoms with E-state index in [1.54, 1.807) is 24.3 Å². The molecule has 0 bridgehead atoms. The summed E-state index contributed by atoms with van der Waals surface area (Å²) in [5.74, 6) is -0.384. The first-order valence-electron chi connectivity index (χ1n) is 9.62. The Morgan fingerprint density at radius 3 is 2.72 bits per heavy atom. The molecule has 2 heterocycles. The maximum atomic E-state index is 12.8. The average molecular weight is 433 g/mol. The minimum Gasteiger partial charge on any atom is -0.383 e. The summed E-state index contributed by atoms with van der Waals surface area (Å²) >= 11 is 0. The normalized spacial score (nSPS) is 11.4. The summed E-state index contributed by atoms with van der Waals surface area (Å²) in [4.78, 5) is 32.6. The van der Waals surface area contributed by atoms with Crippen molar-refractivity contribution in [2.24, 2.45) is 5.10 Å². The summed E-state index contributed by atoms with van der Waals surface area (Å²) in [6, 6.07) is 13.2. The number of aromatic nitrogens is 3. The summed E-state index contributed by atoms with van der Waals surface area (Å²) in [5.41, 5.74) is 8.66. The van der Waals surface area contributed by atoms with Crippen LogP contribution in [0.2, 0.25) is 0 Å². The van der Waals surface area contributed by atoms with Crippen LogP contribution in [-0.2, 0) is 4.74 Å². The molecule has 0 aliphatic carbocycles. The van der Waals surface area contributed by atoms with Crippen molar-refractivity contribution in [3.05, 3.63) is 69.8 Å². The first kappa shape index (κ1) is 20.9. The number of nitro groups is 1. The first-order valence-corrected chi connectivity index (χ1v) is 9.62. The fourth-order valence-corrected chi connectivity index (χ4v) is 3.19. The Balaban J connectivity index is 1.85. The van der Waals surface area contributed by atoms with Gasteiger partial charge in [-0.2, -0.15) is 9.78 Å². The average Bonchev–Trinajstić information content (AvgIpc) is 3.06. The number of methoxy groups -OCH3 is 1. The summed E-state index contributed by atoms with van der Waals surface area (Å²) in [6.07, 6.45) is 1.41. The number of nitro benzene ring substituents is 1. The molecular weight excluding hydrogens is 414 g/mol. The number of amides is 1. The van der Waals surface area contributed by atoms with Crippen LogP contribution in [-0.4, -0.2) is 52.0 Å². The number of carbonyl (C=O) groups excluding carboxylic acids is 1. The van der Waals surface area contributed by atoms with Gasteiger partial charge >= 0.3 is 0 Å². The van der Waals surface area contributed by atoms with Gasteiger partial charge in [0.1, 0.15) is 16.9 Å². The second-order valence-corrected chi connectivity index (χ2v) is 6.80. The summed E-state index contributed by atoms with van der Waals surface area (Å²) < 4.78 is 6.28. The fraction of sp³-hybridized carbons (Fsp3) is 0.143. The standard InChI is InChI=1S/C21H19N7O4/c1-32-10-9-23-21(29)17-18-20(26-16-8-3-2-7-15(16)25-18)27(19(17)22)24-12-13-5-4-6-14(11-13)28(30)31/h2-8,11-12H,9-10,22H2,1H3,(H,23,29)/b24-12-. The molecule has 0 fully saturated rings. The lowest BCUT2D eigenvalue weighted by atomic mass is 10.2. The Kier molecular flexibility index (Phi) is 5.73. The van der Waals surface area contributed by atoms with Crippen LogP contribution in [0.5, 0.6) is 0 Å². The van der Waals surface area contributed by atoms with Crippen LogP contribution in [0.1, 0.15) is 15.9 Å². The van der Waals surface area contributed by atoms with Crippen molar-refractivity contribution in [1.29, 1.82) is 0 Å². The van der Waals surface area contributed by atoms with Gasteiger partial charge in [-0.25, -0.2) is 9.97 Å². The van der Waals surface area contributed by atoms with Crippen molar-refractivity contribution in [3.8, 4) is 0 Å². The van der Waals surface area contributed by atoms with Crippen LogP contribution >= 0.6 is 0 Å². The third-order valence-corrected chi connectivity index (χ3v) is 4.70. The van der Waals surface area contributed by atoms with E-state index in [1.165, 1.54) is 30.1 Å². The number of rotatable bonds is 7. The van der Waals surface area contributed by atoms with E-state index < -0.39 is 10.8 Å². The molecule has 11 nitrogen and oxygen atoms in total. The highest BCUT2D eigenvalue weighted by molar-refractivity contribution is 6.10. The molecule has 2 aromatic carbocycles. The Labute approximate surface area is 181 Å². The molecule has 11 heteroatoms. The molecule has 0 spiro atoms. The lowest BCUT2D eigenvalue weighted by molar-refractivity contribution is -0.384. The van der Waals surface area contributed by atoms with E-state index in [2.05, 4.69) is 20.4 Å². The Hall–Kier alpha value is -4.38. The zero-order valence-electron chi connectivity index (χ0n) is 17.1. The van der Waals surface area contributed by atoms with Gasteiger partial charge in [-0.15, -0.1) is 0 Å². The highest BCUT2D eigenvalue weighted by Crippen LogP contribution is 2.27. The number of hydrogen-bond acceptors (Lipinski definition) is 8. The van der Waals surface area contributed by atoms with Gasteiger partial charge in [-0.3, -0.25) is 14.9 Å². The van der Waals surface area contributed by atoms with Crippen LogP contribution in [0, 0.1) is 10.1 Å². The number of carbonyl (C=O) groups is 1. The van der Waals surface area contributed by atoms with Crippen molar-refractivity contribution >= 4 is 45.8 Å². The highest BCUT2D eigenvalue weighted by atomic mass is 16.6. The van der Waals surface area contributed by atoms with Gasteiger partial charge < -0.3 is 15.8 Å². The molecule has 0 aliphatic rings. The summed E-state index contributed by atoms with van der Waals surface area (Å²) in [7, 11) is 1.53. The molecule has 4 rings (SSSR count). The zero-order chi connectivity index (χ0) is 22.7. The lowest BCUT2D eigenvalue weighted by Crippen LogP contribution is -2.27. The zero-order valence-corrected chi connectivity index (χ0v) is 17.1. The van der Waals surface area contributed by atoms with Crippen LogP contribution in [0.25, 0.3) is 22.2 Å². The highest BCUT2D eigenvalue weighted by Gasteiger charge is 2.23. The monoisotopic (exact) mass is 433 g/mol. The van der Waals surface area contributed by atoms with E-state index >= 15 is 0 Å². The minimum absolute atomic E-state index is 0.0481. The molecule has 0 atom stereocenters. The SMILES string of the molecule is COCCNC(=O)c1c(N)n(/N=C\c2cccc([N+](=O)[O-])c2)c2nc3ccccc3nc12. The largest absolute Gasteiger partial charge is 0.383 e. The van der Waals surface area contributed by atoms with Gasteiger partial charge in [0.15, 0.2) is 5.65 Å². The molecule has 1 amide bonds. The second kappa shape index (κ2) is 8.78. The Bertz CT molecular complexity index is 1360. The van der Waals surface area contributed by atoms with E-state index in [1.807, 2.05) is 12.1 Å². The summed E-state index contributed by atoms with van der Waals surface area (Å²) in [5, 5.41) is 18.1. The van der Waals surface area contributed by atoms with Gasteiger partial charge in [-0.05, 0) is 12.1 Å². The number of nitrogen functional groups attached to an aromatic ring is 1. The van der Waals surface area contributed by atoms with E-state index in [0.29, 0.717) is 40.9 Å². The predicted octanol–water partition coefficient (Wildman–Crippen LogP) is 2.33. The van der Waals surface area contributed by atoms with Gasteiger partial charge in [0.2, 0.25) is 0 Å². The number of hydrogen-bond donors (Lipinski definition) is 2. The molecule has 2 aromatic heterocycles. The number of fused-ring (bicyclic) bond motifs is 2. The quantitative estimate of drug-likeness (QED) is 0.196. The first-order chi connectivity index (χ1) is 15.5. The third kappa shape index (κ3) is 3.96. The van der Waals surface area contributed by atoms with Gasteiger partial charge in [0.25, 0.3) is 11.6 Å². The molecule has 0 saturated heterocycles. The molecule has 0 radical (unpaired) electrons. The van der Waals surface area contributed by atoms with Crippen molar-refractivity contribution in [3.63, 3.8) is 0 Å². The van der Waals surface area contributed by atoms with E-state index in [-0.39, 0.29) is 17.1 Å². The maximum Gasteiger partial charge on any atom is 0.270 e. The van der Waals surface area contributed by atoms with Crippen LogP contribution in [0.3, 0.4) is 0 Å². The second-order valence-electron chi connectivity index (χ2n) is 6.80. The smallest absolute Gasteiger partial charge is 0.270 e. The number of nitrogens with zero attached hydrogens (tertiary/aromatic N) is 5. The Morgan fingerprint density at radius 2 is 2.00 bits per heavy atom. The number of nitrogens with two attached hydrogens (primary N) is 1. The van der Waals surface area contributed by atoms with Crippen LogP contribution < -0.4 is 11.1 Å². The van der Waals surface area contributed by atoms with Crippen molar-refractivity contribution in [2.45, 2.75) is 0 Å². The van der Waals surface area contributed by atoms with E-state index in [4.69, 9.17) is 10.5 Å². The van der Waals surface area contributed by atoms with Gasteiger partial charge in [0.05, 0.1) is 28.8 Å². The number of non-ortho nitro benzene ring substituents is 1. The van der Waals surface area contributed by atoms with E-state index in [0.717, 1.165) is 0 Å². The molecule has 4 aromatic rings. The number of benzene rings is 2. The number of para-hydroxylation sites is 2. The molecular formula is C21H19N7O4. The fourth-order valence-electron chi connectivity index (χ4n) is 3.19.